The standard InChI is InChI=1S/C22H23ClN2O4/c1-5-19(26)29-15-24(20(27)17-11-13-18(23)14-12-17)25(22(2,3)4)21(28)16-9-7-6-8-10-16/h5-14H,1,15H2,2-4H3. The predicted molar refractivity (Wildman–Crippen MR) is 111 cm³/mol. The van der Waals surface area contributed by atoms with E-state index in [1.54, 1.807) is 75.4 Å². The van der Waals surface area contributed by atoms with Gasteiger partial charge in [0.2, 0.25) is 0 Å². The minimum atomic E-state index is -0.796. The highest BCUT2D eigenvalue weighted by molar-refractivity contribution is 6.30. The topological polar surface area (TPSA) is 66.9 Å². The van der Waals surface area contributed by atoms with E-state index in [2.05, 4.69) is 6.58 Å². The van der Waals surface area contributed by atoms with E-state index in [-0.39, 0.29) is 0 Å². The first-order valence-electron chi connectivity index (χ1n) is 8.91. The highest BCUT2D eigenvalue weighted by atomic mass is 35.5. The zero-order valence-corrected chi connectivity index (χ0v) is 17.3. The summed E-state index contributed by atoms with van der Waals surface area (Å²) in [7, 11) is 0. The molecule has 0 aliphatic rings. The van der Waals surface area contributed by atoms with Crippen molar-refractivity contribution in [2.75, 3.05) is 6.73 Å². The first kappa shape index (κ1) is 22.2. The van der Waals surface area contributed by atoms with Crippen molar-refractivity contribution < 1.29 is 19.1 Å². The van der Waals surface area contributed by atoms with Crippen LogP contribution in [0.15, 0.2) is 67.3 Å². The van der Waals surface area contributed by atoms with Crippen molar-refractivity contribution in [1.82, 2.24) is 10.0 Å². The fourth-order valence-corrected chi connectivity index (χ4v) is 2.74. The number of hydrazine groups is 1. The molecule has 0 unspecified atom stereocenters. The number of benzene rings is 2. The molecule has 6 nitrogen and oxygen atoms in total. The van der Waals surface area contributed by atoms with Crippen LogP contribution in [0.3, 0.4) is 0 Å². The summed E-state index contributed by atoms with van der Waals surface area (Å²) in [5.41, 5.74) is -0.110. The molecule has 2 aromatic carbocycles. The molecule has 0 saturated heterocycles. The van der Waals surface area contributed by atoms with Crippen LogP contribution in [0.1, 0.15) is 41.5 Å². The third kappa shape index (κ3) is 5.68. The SMILES string of the molecule is C=CC(=O)OCN(C(=O)c1ccc(Cl)cc1)N(C(=O)c1ccccc1)C(C)(C)C. The van der Waals surface area contributed by atoms with Gasteiger partial charge in [-0.25, -0.2) is 14.8 Å². The van der Waals surface area contributed by atoms with Crippen LogP contribution >= 0.6 is 11.6 Å². The molecular formula is C22H23ClN2O4. The summed E-state index contributed by atoms with van der Waals surface area (Å²) in [6, 6.07) is 14.8. The summed E-state index contributed by atoms with van der Waals surface area (Å²) in [5, 5.41) is 2.87. The fraction of sp³-hybridized carbons (Fsp3) is 0.227. The quantitative estimate of drug-likeness (QED) is 0.316. The number of hydrogen-bond donors (Lipinski definition) is 0. The van der Waals surface area contributed by atoms with Crippen LogP contribution in [0.25, 0.3) is 0 Å². The smallest absolute Gasteiger partial charge is 0.331 e. The number of rotatable bonds is 5. The maximum atomic E-state index is 13.3. The van der Waals surface area contributed by atoms with Gasteiger partial charge in [0.1, 0.15) is 0 Å². The summed E-state index contributed by atoms with van der Waals surface area (Å²) in [4.78, 5) is 38.2. The van der Waals surface area contributed by atoms with Gasteiger partial charge in [0, 0.05) is 22.2 Å². The normalized spacial score (nSPS) is 10.8. The van der Waals surface area contributed by atoms with Crippen LogP contribution < -0.4 is 0 Å². The third-order valence-electron chi connectivity index (χ3n) is 3.91. The Kier molecular flexibility index (Phi) is 7.18. The lowest BCUT2D eigenvalue weighted by Gasteiger charge is -2.42. The second-order valence-electron chi connectivity index (χ2n) is 7.16. The van der Waals surface area contributed by atoms with Crippen molar-refractivity contribution in [2.24, 2.45) is 0 Å². The van der Waals surface area contributed by atoms with Crippen molar-refractivity contribution in [3.05, 3.63) is 83.4 Å². The number of ether oxygens (including phenoxy) is 1. The van der Waals surface area contributed by atoms with Crippen molar-refractivity contribution in [1.29, 1.82) is 0 Å². The molecule has 2 rings (SSSR count). The summed E-state index contributed by atoms with van der Waals surface area (Å²) in [6.07, 6.45) is 0.991. The van der Waals surface area contributed by atoms with Gasteiger partial charge in [-0.05, 0) is 57.2 Å². The van der Waals surface area contributed by atoms with E-state index in [1.165, 1.54) is 5.01 Å². The summed E-state index contributed by atoms with van der Waals surface area (Å²) in [6.45, 7) is 8.25. The first-order chi connectivity index (χ1) is 13.6. The molecule has 0 bridgehead atoms. The number of nitrogens with zero attached hydrogens (tertiary/aromatic N) is 2. The average Bonchev–Trinajstić information content (AvgIpc) is 2.70. The molecule has 2 aromatic rings. The Hall–Kier alpha value is -3.12. The molecule has 0 aliphatic carbocycles. The minimum Gasteiger partial charge on any atom is -0.439 e. The molecule has 0 aromatic heterocycles. The minimum absolute atomic E-state index is 0.291. The molecular weight excluding hydrogens is 392 g/mol. The van der Waals surface area contributed by atoms with E-state index in [9.17, 15) is 14.4 Å². The highest BCUT2D eigenvalue weighted by Crippen LogP contribution is 2.23. The lowest BCUT2D eigenvalue weighted by atomic mass is 10.1. The highest BCUT2D eigenvalue weighted by Gasteiger charge is 2.36. The van der Waals surface area contributed by atoms with E-state index in [1.807, 2.05) is 0 Å². The van der Waals surface area contributed by atoms with Crippen molar-refractivity contribution in [3.8, 4) is 0 Å². The van der Waals surface area contributed by atoms with Gasteiger partial charge >= 0.3 is 5.97 Å². The van der Waals surface area contributed by atoms with Gasteiger partial charge in [-0.15, -0.1) is 0 Å². The van der Waals surface area contributed by atoms with Crippen LogP contribution in [-0.2, 0) is 9.53 Å². The van der Waals surface area contributed by atoms with Crippen LogP contribution in [0.4, 0.5) is 0 Å². The zero-order chi connectivity index (χ0) is 21.6. The number of amides is 2. The Morgan fingerprint density at radius 1 is 0.966 bits per heavy atom. The molecule has 0 heterocycles. The molecule has 0 fully saturated rings. The van der Waals surface area contributed by atoms with E-state index in [0.717, 1.165) is 11.1 Å². The second-order valence-corrected chi connectivity index (χ2v) is 7.60. The van der Waals surface area contributed by atoms with Gasteiger partial charge in [-0.3, -0.25) is 9.59 Å². The van der Waals surface area contributed by atoms with Gasteiger partial charge in [0.15, 0.2) is 6.73 Å². The Morgan fingerprint density at radius 2 is 1.52 bits per heavy atom. The Labute approximate surface area is 175 Å². The first-order valence-corrected chi connectivity index (χ1v) is 9.29. The number of halogens is 1. The van der Waals surface area contributed by atoms with Crippen molar-refractivity contribution in [3.63, 3.8) is 0 Å². The zero-order valence-electron chi connectivity index (χ0n) is 16.6. The molecule has 152 valence electrons. The molecule has 0 N–H and O–H groups in total. The summed E-state index contributed by atoms with van der Waals surface area (Å²) in [5.74, 6) is -1.63. The van der Waals surface area contributed by atoms with Gasteiger partial charge in [-0.1, -0.05) is 36.4 Å². The van der Waals surface area contributed by atoms with Gasteiger partial charge in [0.25, 0.3) is 11.8 Å². The molecule has 29 heavy (non-hydrogen) atoms. The van der Waals surface area contributed by atoms with Gasteiger partial charge in [-0.2, -0.15) is 0 Å². The van der Waals surface area contributed by atoms with Gasteiger partial charge in [0.05, 0.1) is 5.54 Å². The molecule has 0 radical (unpaired) electrons. The second kappa shape index (κ2) is 9.39. The Bertz CT molecular complexity index is 889. The molecule has 0 spiro atoms. The number of esters is 1. The number of hydrogen-bond acceptors (Lipinski definition) is 4. The van der Waals surface area contributed by atoms with Crippen LogP contribution in [0.2, 0.25) is 5.02 Å². The predicted octanol–water partition coefficient (Wildman–Crippen LogP) is 4.32. The fourth-order valence-electron chi connectivity index (χ4n) is 2.61. The van der Waals surface area contributed by atoms with Crippen LogP contribution in [0.5, 0.6) is 0 Å². The molecule has 0 atom stereocenters. The van der Waals surface area contributed by atoms with E-state index >= 15 is 0 Å². The summed E-state index contributed by atoms with van der Waals surface area (Å²) >= 11 is 5.91. The third-order valence-corrected chi connectivity index (χ3v) is 4.16. The van der Waals surface area contributed by atoms with E-state index in [0.29, 0.717) is 16.1 Å². The molecule has 7 heteroatoms. The van der Waals surface area contributed by atoms with Crippen LogP contribution in [0, 0.1) is 0 Å². The lowest BCUT2D eigenvalue weighted by molar-refractivity contribution is -0.150. The molecule has 2 amide bonds. The largest absolute Gasteiger partial charge is 0.439 e. The number of carbonyl (C=O) groups excluding carboxylic acids is 3. The lowest BCUT2D eigenvalue weighted by Crippen LogP contribution is -2.58. The monoisotopic (exact) mass is 414 g/mol. The van der Waals surface area contributed by atoms with Crippen LogP contribution in [-0.4, -0.2) is 40.1 Å². The van der Waals surface area contributed by atoms with Crippen molar-refractivity contribution >= 4 is 29.4 Å². The molecule has 0 saturated carbocycles. The summed E-state index contributed by atoms with van der Waals surface area (Å²) < 4.78 is 5.11. The Morgan fingerprint density at radius 3 is 2.03 bits per heavy atom. The van der Waals surface area contributed by atoms with Crippen molar-refractivity contribution in [2.45, 2.75) is 26.3 Å². The maximum Gasteiger partial charge on any atom is 0.331 e. The number of carbonyl (C=O) groups is 3. The van der Waals surface area contributed by atoms with E-state index < -0.39 is 30.1 Å². The molecule has 0 aliphatic heterocycles. The van der Waals surface area contributed by atoms with Gasteiger partial charge < -0.3 is 4.74 Å². The maximum absolute atomic E-state index is 13.3. The Balaban J connectivity index is 2.49. The van der Waals surface area contributed by atoms with E-state index in [4.69, 9.17) is 16.3 Å². The average molecular weight is 415 g/mol.